The van der Waals surface area contributed by atoms with Crippen molar-refractivity contribution >= 4 is 17.6 Å². The number of nitrogens with one attached hydrogen (secondary N) is 1. The van der Waals surface area contributed by atoms with Crippen molar-refractivity contribution in [3.8, 4) is 0 Å². The zero-order valence-corrected chi connectivity index (χ0v) is 17.4. The Morgan fingerprint density at radius 3 is 2.61 bits per heavy atom. The number of amides is 3. The Kier molecular flexibility index (Phi) is 7.18. The maximum Gasteiger partial charge on any atom is 0.317 e. The van der Waals surface area contributed by atoms with Gasteiger partial charge in [-0.05, 0) is 50.3 Å². The van der Waals surface area contributed by atoms with Crippen LogP contribution in [0.4, 0.5) is 10.5 Å². The number of nitrogens with zero attached hydrogens (tertiary/aromatic N) is 3. The number of anilines is 1. The fraction of sp³-hybridized carbons (Fsp3) is 0.636. The molecule has 1 aromatic rings. The lowest BCUT2D eigenvalue weighted by Gasteiger charge is -2.37. The molecule has 2 fully saturated rings. The number of hydrogen-bond acceptors (Lipinski definition) is 3. The highest BCUT2D eigenvalue weighted by atomic mass is 16.2. The van der Waals surface area contributed by atoms with Gasteiger partial charge in [0, 0.05) is 57.9 Å². The van der Waals surface area contributed by atoms with Gasteiger partial charge in [-0.3, -0.25) is 4.79 Å². The molecule has 2 saturated heterocycles. The van der Waals surface area contributed by atoms with Crippen molar-refractivity contribution in [1.29, 1.82) is 0 Å². The third-order valence-corrected chi connectivity index (χ3v) is 6.04. The second kappa shape index (κ2) is 9.80. The summed E-state index contributed by atoms with van der Waals surface area (Å²) in [6.07, 6.45) is 4.76. The fourth-order valence-corrected chi connectivity index (χ4v) is 4.08. The molecule has 6 nitrogen and oxygen atoms in total. The number of likely N-dealkylation sites (tertiary alicyclic amines) is 1. The lowest BCUT2D eigenvalue weighted by atomic mass is 10.1. The normalized spacial score (nSPS) is 18.2. The van der Waals surface area contributed by atoms with Gasteiger partial charge in [0.15, 0.2) is 0 Å². The van der Waals surface area contributed by atoms with Crippen LogP contribution in [0.5, 0.6) is 0 Å². The number of hydrogen-bond donors (Lipinski definition) is 1. The van der Waals surface area contributed by atoms with Crippen LogP contribution in [-0.4, -0.2) is 67.6 Å². The smallest absolute Gasteiger partial charge is 0.317 e. The molecule has 0 atom stereocenters. The van der Waals surface area contributed by atoms with Gasteiger partial charge in [-0.1, -0.05) is 18.6 Å². The standard InChI is InChI=1S/C22H34N4O2/c1-18-8-6-9-20(19(18)2)24-14-16-26(17-15-24)22(28)23-11-7-13-25-12-5-3-4-10-21(25)27/h6,8-9H,3-5,7,10-17H2,1-2H3,(H,23,28). The largest absolute Gasteiger partial charge is 0.368 e. The van der Waals surface area contributed by atoms with Crippen LogP contribution in [0.25, 0.3) is 0 Å². The van der Waals surface area contributed by atoms with Gasteiger partial charge in [0.05, 0.1) is 0 Å². The van der Waals surface area contributed by atoms with E-state index < -0.39 is 0 Å². The van der Waals surface area contributed by atoms with Crippen molar-refractivity contribution in [3.63, 3.8) is 0 Å². The molecule has 3 amide bonds. The quantitative estimate of drug-likeness (QED) is 0.792. The van der Waals surface area contributed by atoms with E-state index in [1.165, 1.54) is 16.8 Å². The monoisotopic (exact) mass is 386 g/mol. The summed E-state index contributed by atoms with van der Waals surface area (Å²) in [5, 5.41) is 3.03. The summed E-state index contributed by atoms with van der Waals surface area (Å²) in [5.74, 6) is 0.270. The van der Waals surface area contributed by atoms with Crippen LogP contribution < -0.4 is 10.2 Å². The van der Waals surface area contributed by atoms with Gasteiger partial charge in [0.1, 0.15) is 0 Å². The summed E-state index contributed by atoms with van der Waals surface area (Å²) < 4.78 is 0. The van der Waals surface area contributed by atoms with E-state index in [0.29, 0.717) is 13.0 Å². The van der Waals surface area contributed by atoms with Crippen LogP contribution in [0.15, 0.2) is 18.2 Å². The molecule has 0 aromatic heterocycles. The lowest BCUT2D eigenvalue weighted by molar-refractivity contribution is -0.130. The van der Waals surface area contributed by atoms with Crippen LogP contribution >= 0.6 is 0 Å². The molecule has 6 heteroatoms. The van der Waals surface area contributed by atoms with E-state index in [4.69, 9.17) is 0 Å². The van der Waals surface area contributed by atoms with Crippen LogP contribution in [0.1, 0.15) is 43.2 Å². The highest BCUT2D eigenvalue weighted by Gasteiger charge is 2.22. The van der Waals surface area contributed by atoms with Gasteiger partial charge in [-0.15, -0.1) is 0 Å². The average Bonchev–Trinajstić information content (AvgIpc) is 2.91. The molecule has 154 valence electrons. The molecule has 2 heterocycles. The molecular weight excluding hydrogens is 352 g/mol. The Balaban J connectivity index is 1.38. The third kappa shape index (κ3) is 5.18. The average molecular weight is 387 g/mol. The second-order valence-electron chi connectivity index (χ2n) is 7.97. The second-order valence-corrected chi connectivity index (χ2v) is 7.97. The van der Waals surface area contributed by atoms with E-state index in [1.54, 1.807) is 0 Å². The number of aryl methyl sites for hydroxylation is 1. The first-order chi connectivity index (χ1) is 13.6. The molecule has 0 aliphatic carbocycles. The van der Waals surface area contributed by atoms with Gasteiger partial charge in [0.25, 0.3) is 0 Å². The summed E-state index contributed by atoms with van der Waals surface area (Å²) in [5.41, 5.74) is 3.91. The van der Waals surface area contributed by atoms with Crippen LogP contribution in [0, 0.1) is 13.8 Å². The van der Waals surface area contributed by atoms with Gasteiger partial charge >= 0.3 is 6.03 Å². The molecule has 0 unspecified atom stereocenters. The molecule has 1 N–H and O–H groups in total. The van der Waals surface area contributed by atoms with E-state index >= 15 is 0 Å². The molecule has 0 radical (unpaired) electrons. The molecule has 2 aliphatic rings. The predicted octanol–water partition coefficient (Wildman–Crippen LogP) is 2.93. The number of benzene rings is 1. The van der Waals surface area contributed by atoms with Crippen molar-refractivity contribution in [2.24, 2.45) is 0 Å². The highest BCUT2D eigenvalue weighted by molar-refractivity contribution is 5.76. The van der Waals surface area contributed by atoms with Crippen molar-refractivity contribution in [1.82, 2.24) is 15.1 Å². The minimum Gasteiger partial charge on any atom is -0.368 e. The summed E-state index contributed by atoms with van der Waals surface area (Å²) in [6.45, 7) is 9.75. The van der Waals surface area contributed by atoms with Crippen LogP contribution in [-0.2, 0) is 4.79 Å². The predicted molar refractivity (Wildman–Crippen MR) is 113 cm³/mol. The highest BCUT2D eigenvalue weighted by Crippen LogP contribution is 2.23. The van der Waals surface area contributed by atoms with Crippen molar-refractivity contribution in [2.45, 2.75) is 46.0 Å². The Bertz CT molecular complexity index is 683. The maximum atomic E-state index is 12.4. The van der Waals surface area contributed by atoms with Gasteiger partial charge < -0.3 is 20.0 Å². The summed E-state index contributed by atoms with van der Waals surface area (Å²) >= 11 is 0. The molecular formula is C22H34N4O2. The van der Waals surface area contributed by atoms with Crippen LogP contribution in [0.2, 0.25) is 0 Å². The molecule has 3 rings (SSSR count). The summed E-state index contributed by atoms with van der Waals surface area (Å²) in [7, 11) is 0. The topological polar surface area (TPSA) is 55.9 Å². The van der Waals surface area contributed by atoms with Gasteiger partial charge in [-0.2, -0.15) is 0 Å². The first-order valence-electron chi connectivity index (χ1n) is 10.7. The zero-order chi connectivity index (χ0) is 19.9. The van der Waals surface area contributed by atoms with Crippen LogP contribution in [0.3, 0.4) is 0 Å². The molecule has 0 saturated carbocycles. The molecule has 0 spiro atoms. The van der Waals surface area contributed by atoms with E-state index in [2.05, 4.69) is 42.3 Å². The number of piperazine rings is 1. The molecule has 1 aromatic carbocycles. The van der Waals surface area contributed by atoms with E-state index in [1.807, 2.05) is 9.80 Å². The molecule has 0 bridgehead atoms. The number of urea groups is 1. The summed E-state index contributed by atoms with van der Waals surface area (Å²) in [4.78, 5) is 30.7. The number of carbonyl (C=O) groups is 2. The molecule has 28 heavy (non-hydrogen) atoms. The first-order valence-corrected chi connectivity index (χ1v) is 10.7. The van der Waals surface area contributed by atoms with E-state index in [9.17, 15) is 9.59 Å². The maximum absolute atomic E-state index is 12.4. The van der Waals surface area contributed by atoms with Crippen molar-refractivity contribution in [2.75, 3.05) is 50.7 Å². The van der Waals surface area contributed by atoms with Gasteiger partial charge in [-0.25, -0.2) is 4.79 Å². The Hall–Kier alpha value is -2.24. The number of carbonyl (C=O) groups excluding carboxylic acids is 2. The first kappa shape index (κ1) is 20.5. The SMILES string of the molecule is Cc1cccc(N2CCN(C(=O)NCCCN3CCCCCC3=O)CC2)c1C. The fourth-order valence-electron chi connectivity index (χ4n) is 4.08. The lowest BCUT2D eigenvalue weighted by Crippen LogP contribution is -2.52. The minimum atomic E-state index is 0.0165. The summed E-state index contributed by atoms with van der Waals surface area (Å²) in [6, 6.07) is 6.43. The van der Waals surface area contributed by atoms with E-state index in [-0.39, 0.29) is 11.9 Å². The Labute approximate surface area is 168 Å². The Morgan fingerprint density at radius 1 is 1.04 bits per heavy atom. The zero-order valence-electron chi connectivity index (χ0n) is 17.4. The van der Waals surface area contributed by atoms with Crippen molar-refractivity contribution in [3.05, 3.63) is 29.3 Å². The van der Waals surface area contributed by atoms with Gasteiger partial charge in [0.2, 0.25) is 5.91 Å². The van der Waals surface area contributed by atoms with E-state index in [0.717, 1.165) is 65.0 Å². The Morgan fingerprint density at radius 2 is 1.82 bits per heavy atom. The van der Waals surface area contributed by atoms with Crippen molar-refractivity contribution < 1.29 is 9.59 Å². The number of rotatable bonds is 5. The minimum absolute atomic E-state index is 0.0165. The molecule has 2 aliphatic heterocycles. The third-order valence-electron chi connectivity index (χ3n) is 6.04.